The van der Waals surface area contributed by atoms with Crippen LogP contribution in [0.1, 0.15) is 46.0 Å². The quantitative estimate of drug-likeness (QED) is 0.580. The van der Waals surface area contributed by atoms with Gasteiger partial charge in [-0.15, -0.1) is 0 Å². The highest BCUT2D eigenvalue weighted by Crippen LogP contribution is 2.26. The van der Waals surface area contributed by atoms with Crippen molar-refractivity contribution in [3.05, 3.63) is 0 Å². The maximum Gasteiger partial charge on any atom is 0.209 e. The van der Waals surface area contributed by atoms with Crippen LogP contribution in [-0.2, 0) is 4.79 Å². The zero-order chi connectivity index (χ0) is 9.68. The summed E-state index contributed by atoms with van der Waals surface area (Å²) in [6, 6.07) is 0.529. The molecule has 0 aromatic carbocycles. The van der Waals surface area contributed by atoms with E-state index < -0.39 is 0 Å². The molecule has 1 rings (SSSR count). The molecule has 14 heavy (non-hydrogen) atoms. The summed E-state index contributed by atoms with van der Waals surface area (Å²) in [6.07, 6.45) is 7.16. The average Bonchev–Trinajstić information content (AvgIpc) is 2.14. The van der Waals surface area contributed by atoms with Crippen LogP contribution in [0.4, 0.5) is 0 Å². The monoisotopic (exact) mass is 218 g/mol. The Morgan fingerprint density at radius 1 is 1.43 bits per heavy atom. The summed E-state index contributed by atoms with van der Waals surface area (Å²) in [5, 5.41) is 0. The molecule has 0 aliphatic heterocycles. The van der Waals surface area contributed by atoms with Crippen LogP contribution in [0.15, 0.2) is 0 Å². The second-order valence-corrected chi connectivity index (χ2v) is 4.27. The first-order valence-electron chi connectivity index (χ1n) is 5.49. The minimum Gasteiger partial charge on any atom is -1.00 e. The van der Waals surface area contributed by atoms with Gasteiger partial charge in [0.2, 0.25) is 6.41 Å². The number of rotatable bonds is 4. The van der Waals surface area contributed by atoms with Gasteiger partial charge in [0, 0.05) is 12.6 Å². The number of carbonyl (C=O) groups is 1. The summed E-state index contributed by atoms with van der Waals surface area (Å²) < 4.78 is 0. The van der Waals surface area contributed by atoms with E-state index in [1.807, 2.05) is 4.90 Å². The predicted octanol–water partition coefficient (Wildman–Crippen LogP) is -0.562. The normalized spacial score (nSPS) is 26.4. The van der Waals surface area contributed by atoms with E-state index in [4.69, 9.17) is 0 Å². The molecule has 1 fully saturated rings. The van der Waals surface area contributed by atoms with E-state index in [1.54, 1.807) is 0 Å². The fourth-order valence-electron chi connectivity index (χ4n) is 2.28. The molecule has 0 N–H and O–H groups in total. The summed E-state index contributed by atoms with van der Waals surface area (Å²) >= 11 is 0. The summed E-state index contributed by atoms with van der Waals surface area (Å²) in [6.45, 7) is 5.35. The molecule has 1 amide bonds. The molecule has 2 atom stereocenters. The van der Waals surface area contributed by atoms with Gasteiger partial charge in [-0.05, 0) is 25.2 Å². The number of amides is 1. The van der Waals surface area contributed by atoms with Crippen molar-refractivity contribution in [2.24, 2.45) is 5.92 Å². The Balaban J connectivity index is 0.00000169. The highest BCUT2D eigenvalue weighted by atomic mass is 35.5. The van der Waals surface area contributed by atoms with Crippen LogP contribution in [0.5, 0.6) is 0 Å². The zero-order valence-electron chi connectivity index (χ0n) is 9.21. The van der Waals surface area contributed by atoms with Crippen LogP contribution in [0.25, 0.3) is 0 Å². The Kier molecular flexibility index (Phi) is 6.98. The third kappa shape index (κ3) is 3.87. The number of nitrogens with zero attached hydrogens (tertiary/aromatic N) is 1. The molecule has 0 saturated heterocycles. The molecular formula is C11H21ClNO-. The van der Waals surface area contributed by atoms with E-state index in [2.05, 4.69) is 13.8 Å². The van der Waals surface area contributed by atoms with Crippen molar-refractivity contribution in [2.75, 3.05) is 6.54 Å². The Labute approximate surface area is 93.5 Å². The molecule has 0 spiro atoms. The smallest absolute Gasteiger partial charge is 0.209 e. The van der Waals surface area contributed by atoms with Gasteiger partial charge in [0.25, 0.3) is 0 Å². The first-order chi connectivity index (χ1) is 6.27. The van der Waals surface area contributed by atoms with E-state index in [0.717, 1.165) is 25.3 Å². The lowest BCUT2D eigenvalue weighted by atomic mass is 9.86. The predicted molar refractivity (Wildman–Crippen MR) is 54.5 cm³/mol. The molecule has 0 aromatic rings. The molecule has 3 heteroatoms. The molecule has 2 nitrogen and oxygen atoms in total. The van der Waals surface area contributed by atoms with Gasteiger partial charge in [-0.2, -0.15) is 0 Å². The average molecular weight is 219 g/mol. The van der Waals surface area contributed by atoms with E-state index in [-0.39, 0.29) is 12.4 Å². The van der Waals surface area contributed by atoms with Crippen molar-refractivity contribution < 1.29 is 17.2 Å². The molecule has 0 aromatic heterocycles. The Hall–Kier alpha value is -0.240. The third-order valence-electron chi connectivity index (χ3n) is 2.99. The fraction of sp³-hybridized carbons (Fsp3) is 0.909. The maximum atomic E-state index is 10.8. The van der Waals surface area contributed by atoms with Crippen molar-refractivity contribution in [3.8, 4) is 0 Å². The fourth-order valence-corrected chi connectivity index (χ4v) is 2.28. The minimum absolute atomic E-state index is 0. The summed E-state index contributed by atoms with van der Waals surface area (Å²) in [5.74, 6) is 0.804. The van der Waals surface area contributed by atoms with Gasteiger partial charge in [-0.25, -0.2) is 0 Å². The highest BCUT2D eigenvalue weighted by Gasteiger charge is 2.22. The van der Waals surface area contributed by atoms with Crippen LogP contribution in [0, 0.1) is 5.92 Å². The molecule has 1 aliphatic carbocycles. The third-order valence-corrected chi connectivity index (χ3v) is 2.99. The maximum absolute atomic E-state index is 10.8. The van der Waals surface area contributed by atoms with Crippen molar-refractivity contribution in [3.63, 3.8) is 0 Å². The van der Waals surface area contributed by atoms with Crippen LogP contribution in [0.2, 0.25) is 0 Å². The summed E-state index contributed by atoms with van der Waals surface area (Å²) in [4.78, 5) is 12.8. The van der Waals surface area contributed by atoms with E-state index in [1.165, 1.54) is 25.7 Å². The number of hydrogen-bond donors (Lipinski definition) is 0. The molecule has 2 unspecified atom stereocenters. The number of hydrogen-bond acceptors (Lipinski definition) is 1. The molecular weight excluding hydrogens is 198 g/mol. The van der Waals surface area contributed by atoms with Crippen molar-refractivity contribution in [2.45, 2.75) is 52.0 Å². The van der Waals surface area contributed by atoms with Gasteiger partial charge in [0.05, 0.1) is 0 Å². The Bertz CT molecular complexity index is 163. The molecule has 0 heterocycles. The highest BCUT2D eigenvalue weighted by molar-refractivity contribution is 5.47. The van der Waals surface area contributed by atoms with E-state index in [0.29, 0.717) is 6.04 Å². The summed E-state index contributed by atoms with van der Waals surface area (Å²) in [7, 11) is 0. The van der Waals surface area contributed by atoms with Crippen molar-refractivity contribution in [1.29, 1.82) is 0 Å². The Morgan fingerprint density at radius 3 is 2.64 bits per heavy atom. The van der Waals surface area contributed by atoms with Gasteiger partial charge in [0.15, 0.2) is 0 Å². The lowest BCUT2D eigenvalue weighted by Crippen LogP contribution is -3.00. The molecule has 1 saturated carbocycles. The van der Waals surface area contributed by atoms with Gasteiger partial charge >= 0.3 is 0 Å². The minimum atomic E-state index is 0. The lowest BCUT2D eigenvalue weighted by molar-refractivity contribution is -0.121. The van der Waals surface area contributed by atoms with Crippen molar-refractivity contribution >= 4 is 6.41 Å². The topological polar surface area (TPSA) is 20.3 Å². The number of carbonyl (C=O) groups excluding carboxylic acids is 1. The Morgan fingerprint density at radius 2 is 2.14 bits per heavy atom. The molecule has 1 aliphatic rings. The molecule has 0 radical (unpaired) electrons. The first kappa shape index (κ1) is 13.8. The second-order valence-electron chi connectivity index (χ2n) is 4.27. The van der Waals surface area contributed by atoms with E-state index >= 15 is 0 Å². The van der Waals surface area contributed by atoms with Crippen LogP contribution in [0.3, 0.4) is 0 Å². The van der Waals surface area contributed by atoms with Gasteiger partial charge in [0.1, 0.15) is 0 Å². The molecule has 0 bridgehead atoms. The first-order valence-corrected chi connectivity index (χ1v) is 5.49. The van der Waals surface area contributed by atoms with Crippen LogP contribution in [-0.4, -0.2) is 23.9 Å². The summed E-state index contributed by atoms with van der Waals surface area (Å²) in [5.41, 5.74) is 0. The largest absolute Gasteiger partial charge is 1.00 e. The number of halogens is 1. The second kappa shape index (κ2) is 7.10. The zero-order valence-corrected chi connectivity index (χ0v) is 9.96. The van der Waals surface area contributed by atoms with Crippen LogP contribution >= 0.6 is 0 Å². The standard InChI is InChI=1S/C11H21NO.ClH/c1-3-7-12(9-13)11-6-4-5-10(2)8-11;/h9-11H,3-8H2,1-2H3;1H/p-1. The van der Waals surface area contributed by atoms with Gasteiger partial charge in [-0.1, -0.05) is 26.7 Å². The van der Waals surface area contributed by atoms with E-state index in [9.17, 15) is 4.79 Å². The van der Waals surface area contributed by atoms with Gasteiger partial charge in [-0.3, -0.25) is 4.79 Å². The van der Waals surface area contributed by atoms with Crippen molar-refractivity contribution in [1.82, 2.24) is 4.90 Å². The van der Waals surface area contributed by atoms with Gasteiger partial charge < -0.3 is 17.3 Å². The molecule has 84 valence electrons. The lowest BCUT2D eigenvalue weighted by Gasteiger charge is -2.34. The SMILES string of the molecule is CCCN(C=O)C1CCCC(C)C1.[Cl-]. The van der Waals surface area contributed by atoms with Crippen LogP contribution < -0.4 is 12.4 Å².